The molecular weight excluding hydrogens is 320 g/mol. The first-order chi connectivity index (χ1) is 11.1. The van der Waals surface area contributed by atoms with Gasteiger partial charge in [-0.15, -0.1) is 0 Å². The lowest BCUT2D eigenvalue weighted by molar-refractivity contribution is -0.155. The Hall–Kier alpha value is -2.58. The molecule has 9 heteroatoms. The van der Waals surface area contributed by atoms with Crippen LogP contribution < -0.4 is 5.32 Å². The van der Waals surface area contributed by atoms with Crippen molar-refractivity contribution in [3.63, 3.8) is 0 Å². The third-order valence-electron chi connectivity index (χ3n) is 3.74. The van der Waals surface area contributed by atoms with Gasteiger partial charge in [0, 0.05) is 0 Å². The van der Waals surface area contributed by atoms with Gasteiger partial charge in [-0.05, 0) is 33.6 Å². The number of rotatable bonds is 3. The highest BCUT2D eigenvalue weighted by molar-refractivity contribution is 6.06. The number of hydrogen-bond donors (Lipinski definition) is 2. The summed E-state index contributed by atoms with van der Waals surface area (Å²) in [5.74, 6) is -2.75. The van der Waals surface area contributed by atoms with Gasteiger partial charge in [0.15, 0.2) is 0 Å². The van der Waals surface area contributed by atoms with Crippen molar-refractivity contribution < 1.29 is 33.8 Å². The van der Waals surface area contributed by atoms with Crippen LogP contribution in [0.15, 0.2) is 11.3 Å². The molecule has 2 aliphatic heterocycles. The molecule has 2 N–H and O–H groups in total. The van der Waals surface area contributed by atoms with Gasteiger partial charge >= 0.3 is 18.0 Å². The van der Waals surface area contributed by atoms with Crippen LogP contribution in [-0.4, -0.2) is 58.7 Å². The summed E-state index contributed by atoms with van der Waals surface area (Å²) < 4.78 is 9.67. The van der Waals surface area contributed by atoms with Crippen LogP contribution in [0.2, 0.25) is 0 Å². The van der Waals surface area contributed by atoms with Crippen LogP contribution in [0.1, 0.15) is 33.6 Å². The van der Waals surface area contributed by atoms with Gasteiger partial charge in [0.2, 0.25) is 0 Å². The quantitative estimate of drug-likeness (QED) is 0.563. The molecule has 2 heterocycles. The lowest BCUT2D eigenvalue weighted by Gasteiger charge is -2.49. The summed E-state index contributed by atoms with van der Waals surface area (Å²) in [7, 11) is 1.14. The smallest absolute Gasteiger partial charge is 0.408 e. The zero-order chi connectivity index (χ0) is 18.2. The summed E-state index contributed by atoms with van der Waals surface area (Å²) in [5, 5.41) is 11.8. The predicted molar refractivity (Wildman–Crippen MR) is 79.7 cm³/mol. The van der Waals surface area contributed by atoms with Crippen LogP contribution in [-0.2, 0) is 23.9 Å². The topological polar surface area (TPSA) is 122 Å². The third-order valence-corrected chi connectivity index (χ3v) is 3.74. The first-order valence-electron chi connectivity index (χ1n) is 7.44. The first kappa shape index (κ1) is 17.8. The van der Waals surface area contributed by atoms with E-state index in [2.05, 4.69) is 10.1 Å². The molecule has 0 spiro atoms. The van der Waals surface area contributed by atoms with Crippen molar-refractivity contribution in [1.29, 1.82) is 0 Å². The van der Waals surface area contributed by atoms with E-state index >= 15 is 0 Å². The second-order valence-corrected chi connectivity index (χ2v) is 6.56. The van der Waals surface area contributed by atoms with E-state index in [4.69, 9.17) is 4.74 Å². The number of nitrogens with one attached hydrogen (secondary N) is 1. The minimum atomic E-state index is -1.39. The van der Waals surface area contributed by atoms with Crippen LogP contribution in [0.25, 0.3) is 0 Å². The highest BCUT2D eigenvalue weighted by Gasteiger charge is 2.54. The third kappa shape index (κ3) is 3.19. The molecule has 0 aromatic rings. The second kappa shape index (κ2) is 6.14. The number of ether oxygens (including phenoxy) is 2. The van der Waals surface area contributed by atoms with E-state index in [0.717, 1.165) is 12.0 Å². The van der Waals surface area contributed by atoms with Crippen molar-refractivity contribution in [3.05, 3.63) is 11.3 Å². The van der Waals surface area contributed by atoms with E-state index in [1.807, 2.05) is 0 Å². The summed E-state index contributed by atoms with van der Waals surface area (Å²) in [5.41, 5.74) is -1.15. The van der Waals surface area contributed by atoms with E-state index in [1.54, 1.807) is 20.8 Å². The number of esters is 1. The Morgan fingerprint density at radius 2 is 1.92 bits per heavy atom. The lowest BCUT2D eigenvalue weighted by Crippen LogP contribution is -2.72. The summed E-state index contributed by atoms with van der Waals surface area (Å²) in [6.45, 7) is 5.07. The second-order valence-electron chi connectivity index (χ2n) is 6.56. The van der Waals surface area contributed by atoms with Crippen molar-refractivity contribution in [3.8, 4) is 0 Å². The molecule has 0 aromatic heterocycles. The number of fused-ring (bicyclic) bond motifs is 1. The number of alkyl carbamates (subject to hydrolysis) is 1. The summed E-state index contributed by atoms with van der Waals surface area (Å²) in [6.07, 6.45) is -0.261. The molecule has 0 saturated carbocycles. The molecule has 2 amide bonds. The molecule has 0 aliphatic carbocycles. The molecule has 132 valence electrons. The molecule has 2 rings (SSSR count). The minimum absolute atomic E-state index is 0.0506. The Bertz CT molecular complexity index is 632. The highest BCUT2D eigenvalue weighted by Crippen LogP contribution is 2.37. The Morgan fingerprint density at radius 3 is 2.42 bits per heavy atom. The summed E-state index contributed by atoms with van der Waals surface area (Å²) >= 11 is 0. The van der Waals surface area contributed by atoms with Gasteiger partial charge in [0.05, 0.1) is 18.7 Å². The molecule has 1 unspecified atom stereocenters. The first-order valence-corrected chi connectivity index (χ1v) is 7.44. The molecule has 2 atom stereocenters. The van der Waals surface area contributed by atoms with E-state index in [-0.39, 0.29) is 17.7 Å². The average Bonchev–Trinajstić information content (AvgIpc) is 2.48. The molecular formula is C15H20N2O7. The van der Waals surface area contributed by atoms with Gasteiger partial charge in [-0.1, -0.05) is 0 Å². The standard InChI is InChI=1S/C15H20N2O7/c1-15(2,3)24-14(22)16-9-8-6-5-7(13(21)23-4)10(12(19)20)17(8)11(9)18/h8-9H,5-6H2,1-4H3,(H,16,22)(H,19,20)/t8-,9?/m0/s1. The van der Waals surface area contributed by atoms with Crippen molar-refractivity contribution in [2.24, 2.45) is 0 Å². The average molecular weight is 340 g/mol. The van der Waals surface area contributed by atoms with Crippen molar-refractivity contribution >= 4 is 23.9 Å². The van der Waals surface area contributed by atoms with Crippen LogP contribution in [0.5, 0.6) is 0 Å². The Balaban J connectivity index is 2.18. The maximum Gasteiger partial charge on any atom is 0.408 e. The zero-order valence-corrected chi connectivity index (χ0v) is 13.9. The van der Waals surface area contributed by atoms with Crippen LogP contribution >= 0.6 is 0 Å². The SMILES string of the molecule is COC(=O)C1=C(C(=O)O)N2C(=O)C(NC(=O)OC(C)(C)C)[C@@H]2CC1. The maximum atomic E-state index is 12.3. The number of carboxylic acids is 1. The van der Waals surface area contributed by atoms with Crippen molar-refractivity contribution in [1.82, 2.24) is 10.2 Å². The highest BCUT2D eigenvalue weighted by atomic mass is 16.6. The number of hydrogen-bond acceptors (Lipinski definition) is 6. The number of aliphatic carboxylic acids is 1. The normalized spacial score (nSPS) is 23.2. The van der Waals surface area contributed by atoms with Crippen molar-refractivity contribution in [2.45, 2.75) is 51.3 Å². The molecule has 9 nitrogen and oxygen atoms in total. The number of carbonyl (C=O) groups excluding carboxylic acids is 3. The van der Waals surface area contributed by atoms with Crippen LogP contribution in [0, 0.1) is 0 Å². The molecule has 0 aromatic carbocycles. The number of nitrogens with zero attached hydrogens (tertiary/aromatic N) is 1. The molecule has 0 bridgehead atoms. The van der Waals surface area contributed by atoms with Crippen LogP contribution in [0.4, 0.5) is 4.79 Å². The van der Waals surface area contributed by atoms with E-state index < -0.39 is 41.6 Å². The van der Waals surface area contributed by atoms with Gasteiger partial charge in [0.1, 0.15) is 17.3 Å². The fourth-order valence-electron chi connectivity index (χ4n) is 2.82. The van der Waals surface area contributed by atoms with E-state index in [1.165, 1.54) is 0 Å². The van der Waals surface area contributed by atoms with Crippen LogP contribution in [0.3, 0.4) is 0 Å². The largest absolute Gasteiger partial charge is 0.477 e. The zero-order valence-electron chi connectivity index (χ0n) is 13.9. The van der Waals surface area contributed by atoms with E-state index in [0.29, 0.717) is 6.42 Å². The molecule has 1 fully saturated rings. The Morgan fingerprint density at radius 1 is 1.29 bits per heavy atom. The molecule has 2 aliphatic rings. The molecule has 0 radical (unpaired) electrons. The van der Waals surface area contributed by atoms with Gasteiger partial charge in [-0.25, -0.2) is 14.4 Å². The number of carbonyl (C=O) groups is 4. The van der Waals surface area contributed by atoms with E-state index in [9.17, 15) is 24.3 Å². The monoisotopic (exact) mass is 340 g/mol. The van der Waals surface area contributed by atoms with Gasteiger partial charge in [-0.3, -0.25) is 9.69 Å². The number of carboxylic acid groups (broad SMARTS) is 1. The lowest BCUT2D eigenvalue weighted by atomic mass is 9.83. The Kier molecular flexibility index (Phi) is 4.54. The van der Waals surface area contributed by atoms with Crippen molar-refractivity contribution in [2.75, 3.05) is 7.11 Å². The fraction of sp³-hybridized carbons (Fsp3) is 0.600. The minimum Gasteiger partial charge on any atom is -0.477 e. The fourth-order valence-corrected chi connectivity index (χ4v) is 2.82. The van der Waals surface area contributed by atoms with Gasteiger partial charge < -0.3 is 19.9 Å². The maximum absolute atomic E-state index is 12.3. The van der Waals surface area contributed by atoms with Gasteiger partial charge in [0.25, 0.3) is 5.91 Å². The predicted octanol–water partition coefficient (Wildman–Crippen LogP) is 0.396. The number of amides is 2. The number of methoxy groups -OCH3 is 1. The number of β-lactam (4-membered cyclic amide) rings is 1. The summed E-state index contributed by atoms with van der Waals surface area (Å²) in [4.78, 5) is 48.3. The Labute approximate surface area is 138 Å². The molecule has 1 saturated heterocycles. The molecule has 24 heavy (non-hydrogen) atoms. The summed E-state index contributed by atoms with van der Waals surface area (Å²) in [6, 6.07) is -1.39. The van der Waals surface area contributed by atoms with Gasteiger partial charge in [-0.2, -0.15) is 0 Å².